The Balaban J connectivity index is 1.80. The van der Waals surface area contributed by atoms with E-state index < -0.39 is 0 Å². The zero-order valence-electron chi connectivity index (χ0n) is 13.3. The molecule has 1 atom stereocenters. The first-order valence-corrected chi connectivity index (χ1v) is 8.04. The molecule has 1 unspecified atom stereocenters. The van der Waals surface area contributed by atoms with E-state index in [1.807, 2.05) is 37.3 Å². The summed E-state index contributed by atoms with van der Waals surface area (Å²) in [6.07, 6.45) is 0.761. The number of aromatic hydroxyl groups is 1. The predicted octanol–water partition coefficient (Wildman–Crippen LogP) is 2.34. The van der Waals surface area contributed by atoms with Crippen molar-refractivity contribution in [2.75, 3.05) is 26.3 Å². The smallest absolute Gasteiger partial charge is 0.256 e. The lowest BCUT2D eigenvalue weighted by molar-refractivity contribution is 0.00825. The van der Waals surface area contributed by atoms with Gasteiger partial charge in [0.05, 0.1) is 24.9 Å². The van der Waals surface area contributed by atoms with Gasteiger partial charge in [-0.05, 0) is 17.9 Å². The Morgan fingerprint density at radius 3 is 2.74 bits per heavy atom. The van der Waals surface area contributed by atoms with Crippen LogP contribution in [0.3, 0.4) is 0 Å². The molecule has 2 aromatic rings. The molecular formula is C18H22N2O3. The average molecular weight is 314 g/mol. The minimum Gasteiger partial charge on any atom is -0.506 e. The lowest BCUT2D eigenvalue weighted by Gasteiger charge is -2.34. The minimum atomic E-state index is -0.244. The Morgan fingerprint density at radius 1 is 1.26 bits per heavy atom. The number of benzene rings is 2. The van der Waals surface area contributed by atoms with Gasteiger partial charge in [0.15, 0.2) is 0 Å². The molecule has 0 radical (unpaired) electrons. The molecule has 2 N–H and O–H groups in total. The van der Waals surface area contributed by atoms with Crippen molar-refractivity contribution in [2.45, 2.75) is 19.5 Å². The fourth-order valence-electron chi connectivity index (χ4n) is 3.01. The molecule has 0 aromatic heterocycles. The molecule has 5 heteroatoms. The molecular weight excluding hydrogens is 292 g/mol. The summed E-state index contributed by atoms with van der Waals surface area (Å²) in [5.74, 6) is -0.205. The number of fused-ring (bicyclic) bond motifs is 1. The number of nitrogens with one attached hydrogen (secondary N) is 1. The van der Waals surface area contributed by atoms with Crippen molar-refractivity contribution in [1.82, 2.24) is 10.2 Å². The van der Waals surface area contributed by atoms with E-state index >= 15 is 0 Å². The van der Waals surface area contributed by atoms with Crippen molar-refractivity contribution < 1.29 is 14.6 Å². The van der Waals surface area contributed by atoms with E-state index in [0.717, 1.165) is 24.9 Å². The van der Waals surface area contributed by atoms with E-state index in [2.05, 4.69) is 10.2 Å². The number of amides is 1. The summed E-state index contributed by atoms with van der Waals surface area (Å²) in [7, 11) is 0. The summed E-state index contributed by atoms with van der Waals surface area (Å²) in [5, 5.41) is 15.1. The highest BCUT2D eigenvalue weighted by Gasteiger charge is 2.23. The van der Waals surface area contributed by atoms with Crippen LogP contribution in [0.15, 0.2) is 36.4 Å². The SMILES string of the molecule is CCC(NC(=O)c1ccc2ccccc2c1O)N1CCOCC1. The highest BCUT2D eigenvalue weighted by molar-refractivity contribution is 6.03. The summed E-state index contributed by atoms with van der Waals surface area (Å²) in [6, 6.07) is 11.0. The summed E-state index contributed by atoms with van der Waals surface area (Å²) < 4.78 is 5.36. The number of phenolic OH excluding ortho intramolecular Hbond substituents is 1. The number of carbonyl (C=O) groups excluding carboxylic acids is 1. The second-order valence-electron chi connectivity index (χ2n) is 5.73. The lowest BCUT2D eigenvalue weighted by atomic mass is 10.0. The second kappa shape index (κ2) is 6.98. The number of morpholine rings is 1. The normalized spacial score (nSPS) is 17.1. The van der Waals surface area contributed by atoms with E-state index in [-0.39, 0.29) is 17.8 Å². The van der Waals surface area contributed by atoms with Crippen molar-refractivity contribution in [2.24, 2.45) is 0 Å². The number of rotatable bonds is 4. The Kier molecular flexibility index (Phi) is 4.79. The zero-order valence-corrected chi connectivity index (χ0v) is 13.3. The molecule has 0 aliphatic carbocycles. The summed E-state index contributed by atoms with van der Waals surface area (Å²) in [6.45, 7) is 5.03. The molecule has 1 heterocycles. The van der Waals surface area contributed by atoms with E-state index in [1.54, 1.807) is 6.07 Å². The molecule has 3 rings (SSSR count). The van der Waals surface area contributed by atoms with Gasteiger partial charge >= 0.3 is 0 Å². The van der Waals surface area contributed by atoms with Crippen LogP contribution in [0.2, 0.25) is 0 Å². The third kappa shape index (κ3) is 3.30. The fraction of sp³-hybridized carbons (Fsp3) is 0.389. The van der Waals surface area contributed by atoms with Gasteiger partial charge in [0.1, 0.15) is 5.75 Å². The highest BCUT2D eigenvalue weighted by atomic mass is 16.5. The van der Waals surface area contributed by atoms with Crippen LogP contribution in [-0.2, 0) is 4.74 Å². The molecule has 1 aliphatic rings. The number of carbonyl (C=O) groups is 1. The van der Waals surface area contributed by atoms with E-state index in [0.29, 0.717) is 24.2 Å². The first-order chi connectivity index (χ1) is 11.2. The van der Waals surface area contributed by atoms with Crippen LogP contribution >= 0.6 is 0 Å². The number of hydrogen-bond donors (Lipinski definition) is 2. The lowest BCUT2D eigenvalue weighted by Crippen LogP contribution is -2.52. The van der Waals surface area contributed by atoms with Crippen LogP contribution in [-0.4, -0.2) is 48.4 Å². The molecule has 0 spiro atoms. The molecule has 1 saturated heterocycles. The highest BCUT2D eigenvalue weighted by Crippen LogP contribution is 2.28. The van der Waals surface area contributed by atoms with Gasteiger partial charge < -0.3 is 15.2 Å². The summed E-state index contributed by atoms with van der Waals surface area (Å²) in [5.41, 5.74) is 0.315. The number of ether oxygens (including phenoxy) is 1. The molecule has 122 valence electrons. The minimum absolute atomic E-state index is 0.0393. The summed E-state index contributed by atoms with van der Waals surface area (Å²) in [4.78, 5) is 14.8. The standard InChI is InChI=1S/C18H22N2O3/c1-2-16(20-9-11-23-12-10-20)19-18(22)15-8-7-13-5-3-4-6-14(13)17(15)21/h3-8,16,21H,2,9-12H2,1H3,(H,19,22). The molecule has 1 aliphatic heterocycles. The second-order valence-corrected chi connectivity index (χ2v) is 5.73. The maximum absolute atomic E-state index is 12.6. The topological polar surface area (TPSA) is 61.8 Å². The fourth-order valence-corrected chi connectivity index (χ4v) is 3.01. The molecule has 23 heavy (non-hydrogen) atoms. The number of hydrogen-bond acceptors (Lipinski definition) is 4. The van der Waals surface area contributed by atoms with Crippen molar-refractivity contribution in [3.05, 3.63) is 42.0 Å². The van der Waals surface area contributed by atoms with Crippen molar-refractivity contribution in [1.29, 1.82) is 0 Å². The Hall–Kier alpha value is -2.11. The van der Waals surface area contributed by atoms with Gasteiger partial charge in [-0.3, -0.25) is 9.69 Å². The van der Waals surface area contributed by atoms with E-state index in [4.69, 9.17) is 4.74 Å². The van der Waals surface area contributed by atoms with Crippen molar-refractivity contribution >= 4 is 16.7 Å². The summed E-state index contributed by atoms with van der Waals surface area (Å²) >= 11 is 0. The number of nitrogens with zero attached hydrogens (tertiary/aromatic N) is 1. The zero-order chi connectivity index (χ0) is 16.2. The van der Waals surface area contributed by atoms with Crippen LogP contribution in [0.4, 0.5) is 0 Å². The monoisotopic (exact) mass is 314 g/mol. The van der Waals surface area contributed by atoms with Crippen LogP contribution in [0.1, 0.15) is 23.7 Å². The van der Waals surface area contributed by atoms with Gasteiger partial charge in [-0.15, -0.1) is 0 Å². The van der Waals surface area contributed by atoms with E-state index in [1.165, 1.54) is 0 Å². The molecule has 0 bridgehead atoms. The largest absolute Gasteiger partial charge is 0.506 e. The van der Waals surface area contributed by atoms with E-state index in [9.17, 15) is 9.90 Å². The number of phenols is 1. The van der Waals surface area contributed by atoms with Gasteiger partial charge in [0.25, 0.3) is 5.91 Å². The first kappa shape index (κ1) is 15.8. The molecule has 0 saturated carbocycles. The Labute approximate surface area is 135 Å². The Bertz CT molecular complexity index is 696. The maximum Gasteiger partial charge on any atom is 0.256 e. The van der Waals surface area contributed by atoms with Gasteiger partial charge in [-0.25, -0.2) is 0 Å². The Morgan fingerprint density at radius 2 is 2.00 bits per heavy atom. The van der Waals surface area contributed by atoms with Gasteiger partial charge in [-0.1, -0.05) is 37.3 Å². The van der Waals surface area contributed by atoms with Crippen LogP contribution in [0.5, 0.6) is 5.75 Å². The van der Waals surface area contributed by atoms with Crippen molar-refractivity contribution in [3.63, 3.8) is 0 Å². The van der Waals surface area contributed by atoms with Gasteiger partial charge in [0.2, 0.25) is 0 Å². The van der Waals surface area contributed by atoms with Gasteiger partial charge in [-0.2, -0.15) is 0 Å². The van der Waals surface area contributed by atoms with Gasteiger partial charge in [0, 0.05) is 18.5 Å². The average Bonchev–Trinajstić information content (AvgIpc) is 2.60. The molecule has 1 fully saturated rings. The maximum atomic E-state index is 12.6. The third-order valence-corrected chi connectivity index (χ3v) is 4.32. The molecule has 2 aromatic carbocycles. The van der Waals surface area contributed by atoms with Crippen molar-refractivity contribution in [3.8, 4) is 5.75 Å². The van der Waals surface area contributed by atoms with Crippen LogP contribution in [0.25, 0.3) is 10.8 Å². The first-order valence-electron chi connectivity index (χ1n) is 8.04. The molecule has 5 nitrogen and oxygen atoms in total. The quantitative estimate of drug-likeness (QED) is 0.909. The predicted molar refractivity (Wildman–Crippen MR) is 89.6 cm³/mol. The molecule has 1 amide bonds. The van der Waals surface area contributed by atoms with Crippen LogP contribution < -0.4 is 5.32 Å². The van der Waals surface area contributed by atoms with Crippen LogP contribution in [0, 0.1) is 0 Å². The third-order valence-electron chi connectivity index (χ3n) is 4.32.